The number of fused-ring (bicyclic) bond motifs is 3. The van der Waals surface area contributed by atoms with Gasteiger partial charge in [-0.15, -0.1) is 11.3 Å². The van der Waals surface area contributed by atoms with Gasteiger partial charge in [-0.2, -0.15) is 0 Å². The van der Waals surface area contributed by atoms with Crippen molar-refractivity contribution in [3.05, 3.63) is 86.0 Å². The number of aryl methyl sites for hydroxylation is 3. The summed E-state index contributed by atoms with van der Waals surface area (Å²) in [5, 5.41) is 4.49. The van der Waals surface area contributed by atoms with Gasteiger partial charge in [0, 0.05) is 10.6 Å². The summed E-state index contributed by atoms with van der Waals surface area (Å²) in [6.45, 7) is 11.5. The van der Waals surface area contributed by atoms with Crippen LogP contribution in [0, 0.1) is 18.3 Å². The zero-order chi connectivity index (χ0) is 28.4. The molecule has 2 aromatic carbocycles. The summed E-state index contributed by atoms with van der Waals surface area (Å²) in [5.41, 5.74) is 5.57. The van der Waals surface area contributed by atoms with Crippen LogP contribution in [0.3, 0.4) is 0 Å². The smallest absolute Gasteiger partial charge is 0.263 e. The molecule has 5 rings (SSSR count). The highest BCUT2D eigenvalue weighted by Gasteiger charge is 2.34. The van der Waals surface area contributed by atoms with E-state index in [9.17, 15) is 9.59 Å². The maximum Gasteiger partial charge on any atom is 0.263 e. The van der Waals surface area contributed by atoms with E-state index in [0.717, 1.165) is 64.7 Å². The molecule has 1 atom stereocenters. The number of nitrogens with one attached hydrogen (secondary N) is 1. The number of anilines is 1. The van der Waals surface area contributed by atoms with Gasteiger partial charge < -0.3 is 5.32 Å². The first-order valence-electron chi connectivity index (χ1n) is 14.3. The molecule has 1 aliphatic carbocycles. The number of nitrogens with zero attached hydrogens (tertiary/aromatic N) is 2. The van der Waals surface area contributed by atoms with Gasteiger partial charge in [-0.25, -0.2) is 4.98 Å². The predicted molar refractivity (Wildman–Crippen MR) is 169 cm³/mol. The highest BCUT2D eigenvalue weighted by molar-refractivity contribution is 7.99. The molecule has 4 aromatic rings. The number of carbonyl (C=O) groups excluding carboxylic acids is 1. The lowest BCUT2D eigenvalue weighted by Gasteiger charge is -2.36. The number of thioether (sulfide) groups is 1. The minimum absolute atomic E-state index is 0.00892. The SMILES string of the molecule is CCc1cccc(C)c1NC(=O)CSc1nc2sc3c(c2c(=O)n1Cc1ccccc1)CC[C@H](C(C)(C)CC)C3. The van der Waals surface area contributed by atoms with Crippen LogP contribution in [0.5, 0.6) is 0 Å². The van der Waals surface area contributed by atoms with Crippen molar-refractivity contribution in [2.24, 2.45) is 11.3 Å². The second kappa shape index (κ2) is 11.9. The molecule has 0 bridgehead atoms. The normalized spacial score (nSPS) is 15.3. The lowest BCUT2D eigenvalue weighted by Crippen LogP contribution is -2.29. The maximum atomic E-state index is 14.1. The van der Waals surface area contributed by atoms with Gasteiger partial charge in [-0.1, -0.05) is 94.4 Å². The highest BCUT2D eigenvalue weighted by Crippen LogP contribution is 2.44. The Bertz CT molecular complexity index is 1590. The Kier molecular flexibility index (Phi) is 8.52. The summed E-state index contributed by atoms with van der Waals surface area (Å²) < 4.78 is 1.77. The van der Waals surface area contributed by atoms with Crippen LogP contribution < -0.4 is 10.9 Å². The van der Waals surface area contributed by atoms with Gasteiger partial charge in [0.1, 0.15) is 4.83 Å². The molecule has 0 unspecified atom stereocenters. The van der Waals surface area contributed by atoms with Gasteiger partial charge in [0.25, 0.3) is 5.56 Å². The van der Waals surface area contributed by atoms with Gasteiger partial charge in [-0.05, 0) is 66.2 Å². The molecule has 40 heavy (non-hydrogen) atoms. The number of carbonyl (C=O) groups is 1. The summed E-state index contributed by atoms with van der Waals surface area (Å²) in [7, 11) is 0. The van der Waals surface area contributed by atoms with E-state index in [2.05, 4.69) is 33.0 Å². The first-order valence-corrected chi connectivity index (χ1v) is 16.1. The molecular weight excluding hydrogens is 535 g/mol. The van der Waals surface area contributed by atoms with Gasteiger partial charge >= 0.3 is 0 Å². The third kappa shape index (κ3) is 5.77. The van der Waals surface area contributed by atoms with Crippen LogP contribution in [0.15, 0.2) is 58.5 Å². The number of hydrogen-bond acceptors (Lipinski definition) is 5. The minimum Gasteiger partial charge on any atom is -0.325 e. The fourth-order valence-electron chi connectivity index (χ4n) is 5.72. The molecule has 0 saturated heterocycles. The third-order valence-corrected chi connectivity index (χ3v) is 10.8. The topological polar surface area (TPSA) is 64.0 Å². The second-order valence-corrected chi connectivity index (χ2v) is 13.6. The first kappa shape index (κ1) is 28.6. The van der Waals surface area contributed by atoms with Crippen molar-refractivity contribution in [2.45, 2.75) is 78.4 Å². The molecule has 5 nitrogen and oxygen atoms in total. The zero-order valence-corrected chi connectivity index (χ0v) is 25.8. The van der Waals surface area contributed by atoms with Gasteiger partial charge in [0.05, 0.1) is 17.7 Å². The molecule has 7 heteroatoms. The molecule has 1 N–H and O–H groups in total. The van der Waals surface area contributed by atoms with Crippen molar-refractivity contribution >= 4 is 44.9 Å². The Balaban J connectivity index is 1.48. The fourth-order valence-corrected chi connectivity index (χ4v) is 7.86. The van der Waals surface area contributed by atoms with Crippen molar-refractivity contribution in [1.82, 2.24) is 9.55 Å². The molecule has 1 amide bonds. The van der Waals surface area contributed by atoms with E-state index in [0.29, 0.717) is 17.6 Å². The van der Waals surface area contributed by atoms with Crippen molar-refractivity contribution in [1.29, 1.82) is 0 Å². The molecule has 1 aliphatic rings. The maximum absolute atomic E-state index is 14.1. The van der Waals surface area contributed by atoms with Crippen molar-refractivity contribution in [2.75, 3.05) is 11.1 Å². The molecule has 0 fully saturated rings. The van der Waals surface area contributed by atoms with Crippen LogP contribution >= 0.6 is 23.1 Å². The van der Waals surface area contributed by atoms with Gasteiger partial charge in [0.15, 0.2) is 5.16 Å². The standard InChI is InChI=1S/C33H39N3O2S2/c1-6-23-15-11-12-21(3)29(23)34-27(37)20-39-32-35-30-28(31(38)36(32)19-22-13-9-8-10-14-22)25-17-16-24(18-26(25)40-30)33(4,5)7-2/h8-15,24H,6-7,16-20H2,1-5H3,(H,34,37)/t24-/m0/s1. The average molecular weight is 574 g/mol. The molecule has 0 saturated carbocycles. The lowest BCUT2D eigenvalue weighted by atomic mass is 9.70. The summed E-state index contributed by atoms with van der Waals surface area (Å²) in [6.07, 6.45) is 5.03. The summed E-state index contributed by atoms with van der Waals surface area (Å²) >= 11 is 3.02. The summed E-state index contributed by atoms with van der Waals surface area (Å²) in [5.74, 6) is 0.698. The van der Waals surface area contributed by atoms with Crippen LogP contribution in [0.25, 0.3) is 10.2 Å². The quantitative estimate of drug-likeness (QED) is 0.165. The molecule has 210 valence electrons. The Morgan fingerprint density at radius 1 is 1.15 bits per heavy atom. The monoisotopic (exact) mass is 573 g/mol. The number of amides is 1. The van der Waals surface area contributed by atoms with E-state index in [-0.39, 0.29) is 22.6 Å². The van der Waals surface area contributed by atoms with Crippen molar-refractivity contribution in [3.8, 4) is 0 Å². The lowest BCUT2D eigenvalue weighted by molar-refractivity contribution is -0.113. The summed E-state index contributed by atoms with van der Waals surface area (Å²) in [6, 6.07) is 16.1. The first-order chi connectivity index (χ1) is 19.2. The molecular formula is C33H39N3O2S2. The Hall–Kier alpha value is -2.90. The number of benzene rings is 2. The van der Waals surface area contributed by atoms with Crippen LogP contribution in [0.4, 0.5) is 5.69 Å². The highest BCUT2D eigenvalue weighted by atomic mass is 32.2. The van der Waals surface area contributed by atoms with Crippen LogP contribution in [0.2, 0.25) is 0 Å². The largest absolute Gasteiger partial charge is 0.325 e. The Morgan fingerprint density at radius 3 is 2.65 bits per heavy atom. The van der Waals surface area contributed by atoms with E-state index >= 15 is 0 Å². The molecule has 2 heterocycles. The predicted octanol–water partition coefficient (Wildman–Crippen LogP) is 7.65. The molecule has 0 radical (unpaired) electrons. The third-order valence-electron chi connectivity index (χ3n) is 8.67. The number of para-hydroxylation sites is 1. The van der Waals surface area contributed by atoms with E-state index in [1.54, 1.807) is 15.9 Å². The van der Waals surface area contributed by atoms with E-state index in [1.807, 2.05) is 55.5 Å². The molecule has 2 aromatic heterocycles. The van der Waals surface area contributed by atoms with Gasteiger partial charge in [0.2, 0.25) is 5.91 Å². The van der Waals surface area contributed by atoms with Crippen molar-refractivity contribution < 1.29 is 4.79 Å². The molecule has 0 aliphatic heterocycles. The van der Waals surface area contributed by atoms with Crippen molar-refractivity contribution in [3.63, 3.8) is 0 Å². The zero-order valence-electron chi connectivity index (χ0n) is 24.2. The fraction of sp³-hybridized carbons (Fsp3) is 0.424. The van der Waals surface area contributed by atoms with Crippen LogP contribution in [-0.2, 0) is 30.6 Å². The number of aromatic nitrogens is 2. The second-order valence-electron chi connectivity index (χ2n) is 11.5. The Morgan fingerprint density at radius 2 is 1.93 bits per heavy atom. The number of thiophene rings is 1. The van der Waals surface area contributed by atoms with E-state index in [1.165, 1.54) is 22.2 Å². The van der Waals surface area contributed by atoms with Crippen LogP contribution in [-0.4, -0.2) is 21.2 Å². The van der Waals surface area contributed by atoms with E-state index < -0.39 is 0 Å². The minimum atomic E-state index is -0.0929. The number of rotatable bonds is 9. The summed E-state index contributed by atoms with van der Waals surface area (Å²) in [4.78, 5) is 34.4. The Labute approximate surface area is 245 Å². The average Bonchev–Trinajstić information content (AvgIpc) is 3.33. The van der Waals surface area contributed by atoms with Gasteiger partial charge in [-0.3, -0.25) is 14.2 Å². The van der Waals surface area contributed by atoms with Crippen LogP contribution in [0.1, 0.15) is 67.7 Å². The van der Waals surface area contributed by atoms with E-state index in [4.69, 9.17) is 4.98 Å². The number of hydrogen-bond donors (Lipinski definition) is 1. The molecule has 0 spiro atoms.